The van der Waals surface area contributed by atoms with Crippen LogP contribution in [0.1, 0.15) is 99.3 Å². The van der Waals surface area contributed by atoms with E-state index in [0.29, 0.717) is 70.2 Å². The van der Waals surface area contributed by atoms with Crippen LogP contribution in [0.3, 0.4) is 0 Å². The molecule has 20 bridgehead atoms. The first-order chi connectivity index (χ1) is 31.0. The minimum absolute atomic E-state index is 0.101. The zero-order chi connectivity index (χ0) is 43.0. The van der Waals surface area contributed by atoms with E-state index in [9.17, 15) is 0 Å². The summed E-state index contributed by atoms with van der Waals surface area (Å²) in [5.41, 5.74) is 5.92. The van der Waals surface area contributed by atoms with Crippen molar-refractivity contribution in [1.82, 2.24) is 19.9 Å². The summed E-state index contributed by atoms with van der Waals surface area (Å²) < 4.78 is 29.0. The van der Waals surface area contributed by atoms with Crippen LogP contribution >= 0.6 is 63.7 Å². The van der Waals surface area contributed by atoms with Gasteiger partial charge in [-0.1, -0.05) is 24.3 Å². The van der Waals surface area contributed by atoms with Gasteiger partial charge in [0.1, 0.15) is 23.0 Å². The Morgan fingerprint density at radius 1 is 0.359 bits per heavy atom. The maximum Gasteiger partial charge on any atom is 0.238 e. The zero-order valence-electron chi connectivity index (χ0n) is 35.0. The third-order valence-electron chi connectivity index (χ3n) is 16.4. The molecule has 16 aliphatic heterocycles. The van der Waals surface area contributed by atoms with Gasteiger partial charge >= 0.3 is 0 Å². The summed E-state index contributed by atoms with van der Waals surface area (Å²) in [6.07, 6.45) is 21.1. The first kappa shape index (κ1) is 40.4. The lowest BCUT2D eigenvalue weighted by Crippen LogP contribution is -2.55. The molecule has 12 heteroatoms. The van der Waals surface area contributed by atoms with Crippen molar-refractivity contribution in [2.75, 3.05) is 0 Å². The molecule has 18 heterocycles. The van der Waals surface area contributed by atoms with Gasteiger partial charge in [0.05, 0.1) is 42.7 Å². The lowest BCUT2D eigenvalue weighted by Gasteiger charge is -2.63. The Bertz CT molecular complexity index is 2470. The Morgan fingerprint density at radius 3 is 0.797 bits per heavy atom. The molecule has 8 saturated carbocycles. The number of ether oxygens (including phenoxy) is 4. The highest BCUT2D eigenvalue weighted by atomic mass is 79.9. The van der Waals surface area contributed by atoms with Crippen molar-refractivity contribution in [1.29, 1.82) is 0 Å². The molecule has 0 unspecified atom stereocenters. The van der Waals surface area contributed by atoms with Crippen molar-refractivity contribution in [2.24, 2.45) is 23.7 Å². The maximum absolute atomic E-state index is 6.34. The molecular weight excluding hydrogens is 1060 g/mol. The molecule has 2 aromatic heterocycles. The number of hydrogen-bond acceptors (Lipinski definition) is 8. The minimum Gasteiger partial charge on any atom is -0.436 e. The fourth-order valence-electron chi connectivity index (χ4n) is 14.8. The molecule has 0 radical (unpaired) electrons. The van der Waals surface area contributed by atoms with Crippen molar-refractivity contribution in [3.63, 3.8) is 0 Å². The maximum atomic E-state index is 6.34. The normalized spacial score (nSPS) is 31.4. The summed E-state index contributed by atoms with van der Waals surface area (Å²) in [6.45, 7) is 0. The Hall–Kier alpha value is -3.84. The Labute approximate surface area is 406 Å². The van der Waals surface area contributed by atoms with E-state index in [1.165, 1.54) is 86.5 Å². The topological polar surface area (TPSA) is 88.5 Å². The Balaban J connectivity index is 0.854. The molecule has 30 rings (SSSR count). The van der Waals surface area contributed by atoms with Crippen molar-refractivity contribution in [2.45, 2.75) is 98.7 Å². The zero-order valence-corrected chi connectivity index (χ0v) is 41.3. The van der Waals surface area contributed by atoms with E-state index < -0.39 is 0 Å². The van der Waals surface area contributed by atoms with Gasteiger partial charge in [0.2, 0.25) is 23.5 Å². The predicted octanol–water partition coefficient (Wildman–Crippen LogP) is 15.4. The summed E-state index contributed by atoms with van der Waals surface area (Å²) in [6, 6.07) is 26.6. The first-order valence-electron chi connectivity index (χ1n) is 22.6. The van der Waals surface area contributed by atoms with Crippen molar-refractivity contribution in [3.8, 4) is 46.5 Å². The number of rotatable bonds is 0. The standard InChI is InChI=1S/C52H44Br4N4O4/c53-37-11-33-1-5-41(37)61-45-23-58-46(24-57-45)62-43-7-3-35(13-39(43)55)51-19-31-10-32(20-51)22-52(21-31,28-51)36-4-8-44(40(56)14-36)64-48-26-59-47(25-60-48)63-42-6-2-34(12-38(42)54)50-17-29-9-30(18-50)16-49(33,15-29)27-50/h1-8,11-14,23-26,29-32H,9-10,15-22,27-28H2. The summed E-state index contributed by atoms with van der Waals surface area (Å²) in [4.78, 5) is 18.5. The molecule has 64 heavy (non-hydrogen) atoms. The molecule has 0 N–H and O–H groups in total. The van der Waals surface area contributed by atoms with Crippen molar-refractivity contribution < 1.29 is 18.9 Å². The van der Waals surface area contributed by atoms with Gasteiger partial charge in [-0.05, 0) is 257 Å². The van der Waals surface area contributed by atoms with Crippen LogP contribution in [0.15, 0.2) is 115 Å². The molecule has 4 spiro atoms. The van der Waals surface area contributed by atoms with Crippen molar-refractivity contribution in [3.05, 3.63) is 138 Å². The van der Waals surface area contributed by atoms with Crippen LogP contribution in [0, 0.1) is 23.7 Å². The molecule has 0 saturated heterocycles. The highest BCUT2D eigenvalue weighted by molar-refractivity contribution is 9.11. The third kappa shape index (κ3) is 6.72. The van der Waals surface area contributed by atoms with Crippen molar-refractivity contribution >= 4 is 63.7 Å². The van der Waals surface area contributed by atoms with Crippen LogP contribution in [0.5, 0.6) is 46.5 Å². The van der Waals surface area contributed by atoms with Gasteiger partial charge in [-0.15, -0.1) is 0 Å². The third-order valence-corrected chi connectivity index (χ3v) is 18.8. The van der Waals surface area contributed by atoms with Crippen LogP contribution < -0.4 is 18.9 Å². The highest BCUT2D eigenvalue weighted by Crippen LogP contribution is 2.68. The predicted molar refractivity (Wildman–Crippen MR) is 257 cm³/mol. The molecule has 8 aliphatic carbocycles. The average Bonchev–Trinajstić information content (AvgIpc) is 3.26. The lowest BCUT2D eigenvalue weighted by atomic mass is 9.41. The molecule has 24 aliphatic rings. The van der Waals surface area contributed by atoms with E-state index in [1.54, 1.807) is 24.8 Å². The SMILES string of the molecule is Brc1cc2ccc1Oc1cnc(cn1)Oc1ccc(cc1Br)C13CC4CC(C1)CC(C4)(C3)c1ccc(c(Br)c1)Oc1cnc(cn1)Oc1ccc(cc1Br)C13CC4CC(CC2(C4)C1)C3. The number of aromatic nitrogens is 4. The molecule has 4 aromatic carbocycles. The van der Waals surface area contributed by atoms with E-state index in [0.717, 1.165) is 30.7 Å². The van der Waals surface area contributed by atoms with Crippen LogP contribution in [-0.4, -0.2) is 19.9 Å². The van der Waals surface area contributed by atoms with Crippen LogP contribution in [0.2, 0.25) is 0 Å². The highest BCUT2D eigenvalue weighted by Gasteiger charge is 2.60. The minimum atomic E-state index is 0.101. The van der Waals surface area contributed by atoms with Gasteiger partial charge in [-0.25, -0.2) is 19.9 Å². The van der Waals surface area contributed by atoms with Gasteiger partial charge < -0.3 is 18.9 Å². The second-order valence-electron chi connectivity index (χ2n) is 20.4. The molecular formula is C52H44Br4N4O4. The molecule has 0 atom stereocenters. The van der Waals surface area contributed by atoms with E-state index >= 15 is 0 Å². The number of nitrogens with zero attached hydrogens (tertiary/aromatic N) is 4. The first-order valence-corrected chi connectivity index (χ1v) is 25.7. The largest absolute Gasteiger partial charge is 0.436 e. The average molecular weight is 1110 g/mol. The van der Waals surface area contributed by atoms with Gasteiger partial charge in [0.15, 0.2) is 0 Å². The lowest BCUT2D eigenvalue weighted by molar-refractivity contribution is -0.0283. The molecule has 6 aromatic rings. The quantitative estimate of drug-likeness (QED) is 0.149. The molecule has 0 amide bonds. The molecule has 8 fully saturated rings. The molecule has 324 valence electrons. The van der Waals surface area contributed by atoms with Crippen LogP contribution in [-0.2, 0) is 21.7 Å². The summed E-state index contributed by atoms with van der Waals surface area (Å²) >= 11 is 15.6. The second kappa shape index (κ2) is 14.8. The van der Waals surface area contributed by atoms with Gasteiger partial charge in [-0.2, -0.15) is 0 Å². The Morgan fingerprint density at radius 2 is 0.594 bits per heavy atom. The van der Waals surface area contributed by atoms with E-state index in [4.69, 9.17) is 18.9 Å². The number of halogens is 4. The van der Waals surface area contributed by atoms with Gasteiger partial charge in [0, 0.05) is 0 Å². The number of hydrogen-bond donors (Lipinski definition) is 0. The molecule has 8 nitrogen and oxygen atoms in total. The van der Waals surface area contributed by atoms with Gasteiger partial charge in [0.25, 0.3) is 0 Å². The monoisotopic (exact) mass is 1100 g/mol. The van der Waals surface area contributed by atoms with E-state index in [-0.39, 0.29) is 21.7 Å². The number of benzene rings is 4. The van der Waals surface area contributed by atoms with E-state index in [1.807, 2.05) is 0 Å². The van der Waals surface area contributed by atoms with E-state index in [2.05, 4.69) is 156 Å². The van der Waals surface area contributed by atoms with Crippen LogP contribution in [0.4, 0.5) is 0 Å². The summed E-state index contributed by atoms with van der Waals surface area (Å²) in [7, 11) is 0. The second-order valence-corrected chi connectivity index (χ2v) is 23.8. The van der Waals surface area contributed by atoms with Crippen LogP contribution in [0.25, 0.3) is 0 Å². The fourth-order valence-corrected chi connectivity index (χ4v) is 16.6. The van der Waals surface area contributed by atoms with Gasteiger partial charge in [-0.3, -0.25) is 0 Å². The Kier molecular flexibility index (Phi) is 9.37. The smallest absolute Gasteiger partial charge is 0.238 e. The summed E-state index contributed by atoms with van der Waals surface area (Å²) in [5, 5.41) is 0. The fraction of sp³-hybridized carbons (Fsp3) is 0.385. The summed E-state index contributed by atoms with van der Waals surface area (Å²) in [5.74, 6) is 7.25.